The molecular formula is C22H14N4S. The molecule has 2 heterocycles. The third-order valence-corrected chi connectivity index (χ3v) is 5.10. The fourth-order valence-electron chi connectivity index (χ4n) is 2.93. The summed E-state index contributed by atoms with van der Waals surface area (Å²) < 4.78 is 1.15. The molecule has 0 N–H and O–H groups in total. The molecule has 0 aliphatic rings. The zero-order chi connectivity index (χ0) is 18.1. The lowest BCUT2D eigenvalue weighted by atomic mass is 10.1. The Kier molecular flexibility index (Phi) is 3.92. The van der Waals surface area contributed by atoms with Crippen LogP contribution in [0.15, 0.2) is 84.4 Å². The number of hydrogen-bond acceptors (Lipinski definition) is 5. The van der Waals surface area contributed by atoms with Gasteiger partial charge in [-0.25, -0.2) is 19.9 Å². The van der Waals surface area contributed by atoms with Gasteiger partial charge < -0.3 is 0 Å². The van der Waals surface area contributed by atoms with E-state index in [-0.39, 0.29) is 0 Å². The fraction of sp³-hybridized carbons (Fsp3) is 0. The Bertz CT molecular complexity index is 1160. The first-order chi connectivity index (χ1) is 13.4. The average Bonchev–Trinajstić information content (AvgIpc) is 3.22. The van der Waals surface area contributed by atoms with Gasteiger partial charge in [0.15, 0.2) is 17.5 Å². The van der Waals surface area contributed by atoms with Gasteiger partial charge in [0.05, 0.1) is 15.7 Å². The van der Waals surface area contributed by atoms with Crippen LogP contribution in [0, 0.1) is 0 Å². The Morgan fingerprint density at radius 1 is 0.556 bits per heavy atom. The number of aromatic nitrogens is 4. The van der Waals surface area contributed by atoms with Crippen LogP contribution in [-0.4, -0.2) is 19.9 Å². The van der Waals surface area contributed by atoms with Gasteiger partial charge in [-0.1, -0.05) is 60.7 Å². The molecule has 0 aliphatic heterocycles. The lowest BCUT2D eigenvalue weighted by Crippen LogP contribution is -2.00. The molecule has 0 amide bonds. The predicted octanol–water partition coefficient (Wildman–Crippen LogP) is 5.48. The van der Waals surface area contributed by atoms with E-state index in [4.69, 9.17) is 15.0 Å². The van der Waals surface area contributed by atoms with E-state index in [0.29, 0.717) is 17.5 Å². The van der Waals surface area contributed by atoms with E-state index in [0.717, 1.165) is 26.9 Å². The SMILES string of the molecule is c1ccc(-c2nc(-c3ccccc3)nc(-c3ccc4scnc4c3)n2)cc1. The van der Waals surface area contributed by atoms with E-state index >= 15 is 0 Å². The van der Waals surface area contributed by atoms with Crippen LogP contribution in [0.1, 0.15) is 0 Å². The maximum atomic E-state index is 4.74. The van der Waals surface area contributed by atoms with Gasteiger partial charge in [-0.3, -0.25) is 0 Å². The van der Waals surface area contributed by atoms with Gasteiger partial charge >= 0.3 is 0 Å². The molecule has 3 aromatic carbocycles. The molecule has 0 saturated carbocycles. The van der Waals surface area contributed by atoms with Crippen molar-refractivity contribution in [1.29, 1.82) is 0 Å². The van der Waals surface area contributed by atoms with Gasteiger partial charge in [-0.2, -0.15) is 0 Å². The molecule has 0 spiro atoms. The third kappa shape index (κ3) is 3.09. The highest BCUT2D eigenvalue weighted by Crippen LogP contribution is 2.27. The van der Waals surface area contributed by atoms with E-state index in [2.05, 4.69) is 11.1 Å². The monoisotopic (exact) mass is 366 g/mol. The first-order valence-electron chi connectivity index (χ1n) is 8.57. The highest BCUT2D eigenvalue weighted by molar-refractivity contribution is 7.16. The van der Waals surface area contributed by atoms with Crippen molar-refractivity contribution in [2.45, 2.75) is 0 Å². The fourth-order valence-corrected chi connectivity index (χ4v) is 3.59. The molecule has 5 aromatic rings. The highest BCUT2D eigenvalue weighted by Gasteiger charge is 2.12. The van der Waals surface area contributed by atoms with Crippen molar-refractivity contribution in [3.05, 3.63) is 84.4 Å². The zero-order valence-electron chi connectivity index (χ0n) is 14.3. The predicted molar refractivity (Wildman–Crippen MR) is 109 cm³/mol. The average molecular weight is 366 g/mol. The maximum absolute atomic E-state index is 4.74. The van der Waals surface area contributed by atoms with Crippen LogP contribution in [0.2, 0.25) is 0 Å². The van der Waals surface area contributed by atoms with Crippen molar-refractivity contribution < 1.29 is 0 Å². The summed E-state index contributed by atoms with van der Waals surface area (Å²) in [6.07, 6.45) is 0. The third-order valence-electron chi connectivity index (χ3n) is 4.29. The second kappa shape index (κ2) is 6.70. The largest absolute Gasteiger partial charge is 0.245 e. The standard InChI is InChI=1S/C22H14N4S/c1-3-7-15(8-4-1)20-24-21(16-9-5-2-6-10-16)26-22(25-20)17-11-12-19-18(13-17)23-14-27-19/h1-14H. The molecule has 5 rings (SSSR count). The summed E-state index contributed by atoms with van der Waals surface area (Å²) in [5.41, 5.74) is 5.68. The maximum Gasteiger partial charge on any atom is 0.164 e. The van der Waals surface area contributed by atoms with Gasteiger partial charge in [-0.15, -0.1) is 11.3 Å². The van der Waals surface area contributed by atoms with Gasteiger partial charge in [0, 0.05) is 16.7 Å². The van der Waals surface area contributed by atoms with Crippen molar-refractivity contribution in [2.75, 3.05) is 0 Å². The Hall–Kier alpha value is -3.44. The molecule has 2 aromatic heterocycles. The van der Waals surface area contributed by atoms with Crippen molar-refractivity contribution in [3.8, 4) is 34.2 Å². The van der Waals surface area contributed by atoms with E-state index in [1.165, 1.54) is 0 Å². The van der Waals surface area contributed by atoms with Crippen LogP contribution in [0.25, 0.3) is 44.4 Å². The van der Waals surface area contributed by atoms with Crippen molar-refractivity contribution in [3.63, 3.8) is 0 Å². The number of hydrogen-bond donors (Lipinski definition) is 0. The lowest BCUT2D eigenvalue weighted by molar-refractivity contribution is 1.07. The van der Waals surface area contributed by atoms with Gasteiger partial charge in [-0.05, 0) is 18.2 Å². The molecule has 0 unspecified atom stereocenters. The van der Waals surface area contributed by atoms with E-state index < -0.39 is 0 Å². The summed E-state index contributed by atoms with van der Waals surface area (Å²) in [7, 11) is 0. The number of fused-ring (bicyclic) bond motifs is 1. The van der Waals surface area contributed by atoms with Crippen LogP contribution >= 0.6 is 11.3 Å². The molecule has 0 aliphatic carbocycles. The molecule has 0 saturated heterocycles. The van der Waals surface area contributed by atoms with Gasteiger partial charge in [0.25, 0.3) is 0 Å². The summed E-state index contributed by atoms with van der Waals surface area (Å²) in [5.74, 6) is 1.98. The van der Waals surface area contributed by atoms with Crippen LogP contribution in [-0.2, 0) is 0 Å². The molecule has 27 heavy (non-hydrogen) atoms. The zero-order valence-corrected chi connectivity index (χ0v) is 15.1. The normalized spacial score (nSPS) is 11.0. The molecular weight excluding hydrogens is 352 g/mol. The number of benzene rings is 3. The Balaban J connectivity index is 1.72. The molecule has 128 valence electrons. The van der Waals surface area contributed by atoms with Gasteiger partial charge in [0.2, 0.25) is 0 Å². The molecule has 0 fully saturated rings. The smallest absolute Gasteiger partial charge is 0.164 e. The first kappa shape index (κ1) is 15.8. The topological polar surface area (TPSA) is 51.6 Å². The van der Waals surface area contributed by atoms with Crippen molar-refractivity contribution >= 4 is 21.6 Å². The second-order valence-electron chi connectivity index (χ2n) is 6.07. The van der Waals surface area contributed by atoms with Gasteiger partial charge in [0.1, 0.15) is 0 Å². The number of nitrogens with zero attached hydrogens (tertiary/aromatic N) is 4. The van der Waals surface area contributed by atoms with Crippen LogP contribution in [0.4, 0.5) is 0 Å². The molecule has 5 heteroatoms. The van der Waals surface area contributed by atoms with E-state index in [1.54, 1.807) is 11.3 Å². The quantitative estimate of drug-likeness (QED) is 0.424. The Labute approximate surface area is 160 Å². The molecule has 4 nitrogen and oxygen atoms in total. The second-order valence-corrected chi connectivity index (χ2v) is 6.96. The van der Waals surface area contributed by atoms with E-state index in [1.807, 2.05) is 78.3 Å². The number of rotatable bonds is 3. The minimum Gasteiger partial charge on any atom is -0.245 e. The summed E-state index contributed by atoms with van der Waals surface area (Å²) in [5, 5.41) is 0. The summed E-state index contributed by atoms with van der Waals surface area (Å²) in [6.45, 7) is 0. The van der Waals surface area contributed by atoms with Crippen molar-refractivity contribution in [2.24, 2.45) is 0 Å². The Morgan fingerprint density at radius 2 is 1.11 bits per heavy atom. The summed E-state index contributed by atoms with van der Waals surface area (Å²) >= 11 is 1.63. The lowest BCUT2D eigenvalue weighted by Gasteiger charge is -2.08. The Morgan fingerprint density at radius 3 is 1.70 bits per heavy atom. The summed E-state index contributed by atoms with van der Waals surface area (Å²) in [6, 6.07) is 26.1. The molecule has 0 bridgehead atoms. The van der Waals surface area contributed by atoms with Crippen LogP contribution < -0.4 is 0 Å². The first-order valence-corrected chi connectivity index (χ1v) is 9.45. The molecule has 0 atom stereocenters. The summed E-state index contributed by atoms with van der Waals surface area (Å²) in [4.78, 5) is 18.6. The highest BCUT2D eigenvalue weighted by atomic mass is 32.1. The van der Waals surface area contributed by atoms with E-state index in [9.17, 15) is 0 Å². The van der Waals surface area contributed by atoms with Crippen molar-refractivity contribution in [1.82, 2.24) is 19.9 Å². The number of thiazole rings is 1. The molecule has 0 radical (unpaired) electrons. The minimum absolute atomic E-state index is 0.651. The van der Waals surface area contributed by atoms with Crippen LogP contribution in [0.5, 0.6) is 0 Å². The van der Waals surface area contributed by atoms with Crippen LogP contribution in [0.3, 0.4) is 0 Å². The minimum atomic E-state index is 0.651.